The van der Waals surface area contributed by atoms with Crippen molar-refractivity contribution < 1.29 is 18.1 Å². The van der Waals surface area contributed by atoms with Crippen LogP contribution < -0.4 is 5.46 Å². The molecule has 0 bridgehead atoms. The van der Waals surface area contributed by atoms with E-state index in [0.29, 0.717) is 6.42 Å². The van der Waals surface area contributed by atoms with Crippen LogP contribution in [0.25, 0.3) is 5.57 Å². The molecule has 2 nitrogen and oxygen atoms in total. The standard InChI is InChI=1S/C18H23BF2O2/c1-16(2)17(3,4)23-19(22-16)15-7-5-13(6-8-15)14-9-11-18(20,21)12-10-14/h5-9H,10-12H2,1-4H3. The van der Waals surface area contributed by atoms with Crippen LogP contribution in [0.5, 0.6) is 0 Å². The summed E-state index contributed by atoms with van der Waals surface area (Å²) >= 11 is 0. The second-order valence-corrected chi connectivity index (χ2v) is 7.50. The number of rotatable bonds is 2. The van der Waals surface area contributed by atoms with E-state index < -0.39 is 13.0 Å². The Hall–Kier alpha value is -1.20. The van der Waals surface area contributed by atoms with Crippen LogP contribution in [0.2, 0.25) is 0 Å². The summed E-state index contributed by atoms with van der Waals surface area (Å²) in [6.45, 7) is 8.09. The van der Waals surface area contributed by atoms with Crippen molar-refractivity contribution in [1.29, 1.82) is 0 Å². The molecule has 2 aliphatic rings. The topological polar surface area (TPSA) is 18.5 Å². The molecule has 1 heterocycles. The lowest BCUT2D eigenvalue weighted by Crippen LogP contribution is -2.41. The summed E-state index contributed by atoms with van der Waals surface area (Å²) in [6.07, 6.45) is 1.84. The number of hydrogen-bond acceptors (Lipinski definition) is 2. The van der Waals surface area contributed by atoms with Gasteiger partial charge < -0.3 is 9.31 Å². The highest BCUT2D eigenvalue weighted by Crippen LogP contribution is 2.37. The van der Waals surface area contributed by atoms with Gasteiger partial charge in [0.05, 0.1) is 11.2 Å². The second-order valence-electron chi connectivity index (χ2n) is 7.50. The van der Waals surface area contributed by atoms with Crippen LogP contribution in [0.15, 0.2) is 30.3 Å². The molecule has 0 amide bonds. The van der Waals surface area contributed by atoms with E-state index >= 15 is 0 Å². The molecule has 0 spiro atoms. The molecular formula is C18H23BF2O2. The minimum Gasteiger partial charge on any atom is -0.399 e. The van der Waals surface area contributed by atoms with Crippen LogP contribution in [0.3, 0.4) is 0 Å². The third-order valence-electron chi connectivity index (χ3n) is 5.21. The Labute approximate surface area is 137 Å². The predicted octanol–water partition coefficient (Wildman–Crippen LogP) is 4.19. The van der Waals surface area contributed by atoms with Gasteiger partial charge in [-0.1, -0.05) is 30.3 Å². The summed E-state index contributed by atoms with van der Waals surface area (Å²) in [7, 11) is -0.390. The highest BCUT2D eigenvalue weighted by atomic mass is 19.3. The molecule has 1 aromatic carbocycles. The number of allylic oxidation sites excluding steroid dienone is 2. The van der Waals surface area contributed by atoms with Crippen molar-refractivity contribution in [3.05, 3.63) is 35.9 Å². The van der Waals surface area contributed by atoms with E-state index in [-0.39, 0.29) is 24.0 Å². The van der Waals surface area contributed by atoms with E-state index in [1.54, 1.807) is 6.08 Å². The predicted molar refractivity (Wildman–Crippen MR) is 88.9 cm³/mol. The number of hydrogen-bond donors (Lipinski definition) is 0. The summed E-state index contributed by atoms with van der Waals surface area (Å²) < 4.78 is 38.5. The van der Waals surface area contributed by atoms with Gasteiger partial charge >= 0.3 is 7.12 Å². The summed E-state index contributed by atoms with van der Waals surface area (Å²) in [5.74, 6) is -2.55. The van der Waals surface area contributed by atoms with Crippen LogP contribution in [-0.4, -0.2) is 24.2 Å². The van der Waals surface area contributed by atoms with Crippen LogP contribution in [0.4, 0.5) is 8.78 Å². The first kappa shape index (κ1) is 16.7. The monoisotopic (exact) mass is 320 g/mol. The summed E-state index contributed by atoms with van der Waals surface area (Å²) in [4.78, 5) is 0. The second kappa shape index (κ2) is 5.42. The van der Waals surface area contributed by atoms with Crippen molar-refractivity contribution in [2.75, 3.05) is 0 Å². The van der Waals surface area contributed by atoms with Gasteiger partial charge in [0, 0.05) is 12.8 Å². The minimum absolute atomic E-state index is 0.0716. The average Bonchev–Trinajstić information content (AvgIpc) is 2.68. The van der Waals surface area contributed by atoms with Gasteiger partial charge in [0.2, 0.25) is 0 Å². The first-order valence-corrected chi connectivity index (χ1v) is 8.13. The average molecular weight is 320 g/mol. The molecule has 0 unspecified atom stereocenters. The lowest BCUT2D eigenvalue weighted by atomic mass is 9.78. The van der Waals surface area contributed by atoms with Crippen molar-refractivity contribution in [2.45, 2.75) is 64.1 Å². The van der Waals surface area contributed by atoms with Gasteiger partial charge in [0.25, 0.3) is 5.92 Å². The third kappa shape index (κ3) is 3.22. The normalized spacial score (nSPS) is 25.3. The smallest absolute Gasteiger partial charge is 0.399 e. The lowest BCUT2D eigenvalue weighted by molar-refractivity contribution is -0.00602. The van der Waals surface area contributed by atoms with Gasteiger partial charge in [0.15, 0.2) is 0 Å². The molecule has 23 heavy (non-hydrogen) atoms. The van der Waals surface area contributed by atoms with Gasteiger partial charge in [-0.2, -0.15) is 0 Å². The molecule has 0 atom stereocenters. The number of halogens is 2. The van der Waals surface area contributed by atoms with Crippen molar-refractivity contribution in [1.82, 2.24) is 0 Å². The van der Waals surface area contributed by atoms with E-state index in [1.165, 1.54) is 0 Å². The molecule has 1 fully saturated rings. The molecule has 1 saturated heterocycles. The van der Waals surface area contributed by atoms with Crippen molar-refractivity contribution in [3.8, 4) is 0 Å². The minimum atomic E-state index is -2.55. The molecule has 3 rings (SSSR count). The van der Waals surface area contributed by atoms with Crippen molar-refractivity contribution >= 4 is 18.2 Å². The molecule has 0 saturated carbocycles. The Bertz CT molecular complexity index is 604. The summed E-state index contributed by atoms with van der Waals surface area (Å²) in [5.41, 5.74) is 2.22. The zero-order chi connectivity index (χ0) is 16.9. The molecular weight excluding hydrogens is 297 g/mol. The maximum absolute atomic E-state index is 13.2. The summed E-state index contributed by atoms with van der Waals surface area (Å²) in [5, 5.41) is 0. The van der Waals surface area contributed by atoms with Crippen molar-refractivity contribution in [2.24, 2.45) is 0 Å². The van der Waals surface area contributed by atoms with Gasteiger partial charge in [0.1, 0.15) is 0 Å². The molecule has 1 aliphatic heterocycles. The van der Waals surface area contributed by atoms with E-state index in [0.717, 1.165) is 16.6 Å². The SMILES string of the molecule is CC1(C)OB(c2ccc(C3=CCC(F)(F)CC3)cc2)OC1(C)C. The van der Waals surface area contributed by atoms with Crippen LogP contribution >= 0.6 is 0 Å². The molecule has 0 aromatic heterocycles. The van der Waals surface area contributed by atoms with E-state index in [9.17, 15) is 8.78 Å². The third-order valence-corrected chi connectivity index (χ3v) is 5.21. The summed E-state index contributed by atoms with van der Waals surface area (Å²) in [6, 6.07) is 7.86. The maximum Gasteiger partial charge on any atom is 0.494 e. The Morgan fingerprint density at radius 3 is 2.00 bits per heavy atom. The largest absolute Gasteiger partial charge is 0.494 e. The van der Waals surface area contributed by atoms with Gasteiger partial charge in [-0.3, -0.25) is 0 Å². The van der Waals surface area contributed by atoms with Crippen LogP contribution in [0, 0.1) is 0 Å². The highest BCUT2D eigenvalue weighted by molar-refractivity contribution is 6.62. The molecule has 124 valence electrons. The Morgan fingerprint density at radius 1 is 0.957 bits per heavy atom. The number of benzene rings is 1. The molecule has 0 N–H and O–H groups in total. The fraction of sp³-hybridized carbons (Fsp3) is 0.556. The van der Waals surface area contributed by atoms with Crippen LogP contribution in [-0.2, 0) is 9.31 Å². The first-order valence-electron chi connectivity index (χ1n) is 8.13. The van der Waals surface area contributed by atoms with E-state index in [2.05, 4.69) is 0 Å². The Balaban J connectivity index is 1.75. The fourth-order valence-corrected chi connectivity index (χ4v) is 2.89. The fourth-order valence-electron chi connectivity index (χ4n) is 2.89. The van der Waals surface area contributed by atoms with E-state index in [1.807, 2.05) is 52.0 Å². The Morgan fingerprint density at radius 2 is 1.52 bits per heavy atom. The molecule has 1 aliphatic carbocycles. The van der Waals surface area contributed by atoms with Gasteiger partial charge in [-0.25, -0.2) is 8.78 Å². The van der Waals surface area contributed by atoms with E-state index in [4.69, 9.17) is 9.31 Å². The quantitative estimate of drug-likeness (QED) is 0.761. The zero-order valence-corrected chi connectivity index (χ0v) is 14.2. The maximum atomic E-state index is 13.2. The molecule has 0 radical (unpaired) electrons. The van der Waals surface area contributed by atoms with Crippen molar-refractivity contribution in [3.63, 3.8) is 0 Å². The van der Waals surface area contributed by atoms with Crippen LogP contribution in [0.1, 0.15) is 52.5 Å². The number of alkyl halides is 2. The first-order chi connectivity index (χ1) is 10.6. The lowest BCUT2D eigenvalue weighted by Gasteiger charge is -2.32. The molecule has 5 heteroatoms. The van der Waals surface area contributed by atoms with Gasteiger partial charge in [-0.05, 0) is 50.7 Å². The zero-order valence-electron chi connectivity index (χ0n) is 14.2. The Kier molecular flexibility index (Phi) is 3.92. The highest BCUT2D eigenvalue weighted by Gasteiger charge is 2.51. The van der Waals surface area contributed by atoms with Gasteiger partial charge in [-0.15, -0.1) is 0 Å². The molecule has 1 aromatic rings.